The van der Waals surface area contributed by atoms with Crippen LogP contribution in [0.25, 0.3) is 0 Å². The van der Waals surface area contributed by atoms with Crippen LogP contribution in [0.15, 0.2) is 23.3 Å². The minimum absolute atomic E-state index is 0.333. The molecule has 22 heavy (non-hydrogen) atoms. The number of allylic oxidation sites excluding steroid dienone is 3. The lowest BCUT2D eigenvalue weighted by atomic mass is 9.79. The van der Waals surface area contributed by atoms with Crippen molar-refractivity contribution in [2.45, 2.75) is 70.0 Å². The molecule has 2 heteroatoms. The summed E-state index contributed by atoms with van der Waals surface area (Å²) in [4.78, 5) is 0. The van der Waals surface area contributed by atoms with E-state index in [9.17, 15) is 0 Å². The first-order valence-corrected chi connectivity index (χ1v) is 9.39. The molecule has 0 radical (unpaired) electrons. The van der Waals surface area contributed by atoms with Crippen molar-refractivity contribution in [3.63, 3.8) is 0 Å². The van der Waals surface area contributed by atoms with Gasteiger partial charge in [-0.25, -0.2) is 0 Å². The van der Waals surface area contributed by atoms with E-state index < -0.39 is 0 Å². The van der Waals surface area contributed by atoms with E-state index in [2.05, 4.69) is 12.2 Å². The smallest absolute Gasteiger partial charge is 0.0812 e. The van der Waals surface area contributed by atoms with E-state index in [0.717, 1.165) is 24.4 Å². The lowest BCUT2D eigenvalue weighted by Crippen LogP contribution is -2.33. The minimum atomic E-state index is 0.333. The van der Waals surface area contributed by atoms with Gasteiger partial charge in [-0.3, -0.25) is 0 Å². The Morgan fingerprint density at radius 2 is 1.86 bits per heavy atom. The molecule has 0 aromatic heterocycles. The summed E-state index contributed by atoms with van der Waals surface area (Å²) in [6.07, 6.45) is 17.2. The van der Waals surface area contributed by atoms with Gasteiger partial charge in [-0.2, -0.15) is 0 Å². The third-order valence-electron chi connectivity index (χ3n) is 6.50. The zero-order valence-electron chi connectivity index (χ0n) is 13.9. The molecule has 0 amide bonds. The first-order valence-electron chi connectivity index (χ1n) is 9.39. The van der Waals surface area contributed by atoms with E-state index in [1.54, 1.807) is 5.57 Å². The van der Waals surface area contributed by atoms with Crippen LogP contribution in [-0.4, -0.2) is 25.9 Å². The highest BCUT2D eigenvalue weighted by Gasteiger charge is 2.36. The molecule has 2 bridgehead atoms. The molecule has 1 saturated carbocycles. The summed E-state index contributed by atoms with van der Waals surface area (Å²) in [5.74, 6) is 2.63. The van der Waals surface area contributed by atoms with Crippen molar-refractivity contribution < 1.29 is 9.47 Å². The van der Waals surface area contributed by atoms with Gasteiger partial charge in [0, 0.05) is 13.7 Å². The molecule has 0 spiro atoms. The lowest BCUT2D eigenvalue weighted by molar-refractivity contribution is 0.0210. The van der Waals surface area contributed by atoms with Crippen LogP contribution in [0.1, 0.15) is 57.8 Å². The van der Waals surface area contributed by atoms with Crippen molar-refractivity contribution in [3.05, 3.63) is 23.3 Å². The van der Waals surface area contributed by atoms with Crippen LogP contribution in [0.5, 0.6) is 0 Å². The van der Waals surface area contributed by atoms with Crippen molar-refractivity contribution in [1.29, 1.82) is 0 Å². The second-order valence-electron chi connectivity index (χ2n) is 7.76. The van der Waals surface area contributed by atoms with Gasteiger partial charge in [-0.1, -0.05) is 17.7 Å². The van der Waals surface area contributed by atoms with Gasteiger partial charge in [0.25, 0.3) is 0 Å². The van der Waals surface area contributed by atoms with E-state index in [4.69, 9.17) is 9.47 Å². The zero-order valence-corrected chi connectivity index (χ0v) is 13.9. The SMILES string of the molecule is COC1CCCC2=C1C(OCCC1CC3C=CC1C3)CCC2. The Kier molecular flexibility index (Phi) is 4.41. The fraction of sp³-hybridized carbons (Fsp3) is 0.800. The van der Waals surface area contributed by atoms with E-state index in [1.807, 2.05) is 7.11 Å². The van der Waals surface area contributed by atoms with Crippen molar-refractivity contribution in [2.24, 2.45) is 17.8 Å². The van der Waals surface area contributed by atoms with E-state index in [-0.39, 0.29) is 0 Å². The fourth-order valence-corrected chi connectivity index (χ4v) is 5.40. The van der Waals surface area contributed by atoms with E-state index in [0.29, 0.717) is 12.2 Å². The third-order valence-corrected chi connectivity index (χ3v) is 6.50. The molecule has 4 aliphatic carbocycles. The van der Waals surface area contributed by atoms with Crippen LogP contribution in [-0.2, 0) is 9.47 Å². The van der Waals surface area contributed by atoms with Gasteiger partial charge in [0.1, 0.15) is 0 Å². The summed E-state index contributed by atoms with van der Waals surface area (Å²) in [5.41, 5.74) is 3.20. The largest absolute Gasteiger partial charge is 0.377 e. The summed E-state index contributed by atoms with van der Waals surface area (Å²) in [7, 11) is 1.87. The molecule has 0 aliphatic heterocycles. The summed E-state index contributed by atoms with van der Waals surface area (Å²) >= 11 is 0. The summed E-state index contributed by atoms with van der Waals surface area (Å²) in [5, 5.41) is 0. The Labute approximate surface area is 134 Å². The topological polar surface area (TPSA) is 18.5 Å². The molecule has 5 atom stereocenters. The number of hydrogen-bond acceptors (Lipinski definition) is 2. The third kappa shape index (κ3) is 2.80. The predicted octanol–water partition coefficient (Wildman–Crippen LogP) is 4.65. The summed E-state index contributed by atoms with van der Waals surface area (Å²) in [6.45, 7) is 0.944. The molecule has 0 aromatic carbocycles. The Balaban J connectivity index is 1.34. The maximum Gasteiger partial charge on any atom is 0.0812 e. The van der Waals surface area contributed by atoms with Gasteiger partial charge in [-0.15, -0.1) is 0 Å². The van der Waals surface area contributed by atoms with Gasteiger partial charge in [-0.05, 0) is 81.1 Å². The number of methoxy groups -OCH3 is 1. The van der Waals surface area contributed by atoms with Crippen molar-refractivity contribution in [3.8, 4) is 0 Å². The quantitative estimate of drug-likeness (QED) is 0.688. The fourth-order valence-electron chi connectivity index (χ4n) is 5.40. The highest BCUT2D eigenvalue weighted by molar-refractivity contribution is 5.28. The molecule has 5 unspecified atom stereocenters. The van der Waals surface area contributed by atoms with Gasteiger partial charge < -0.3 is 9.47 Å². The van der Waals surface area contributed by atoms with Crippen LogP contribution in [0.2, 0.25) is 0 Å². The molecule has 0 N–H and O–H groups in total. The van der Waals surface area contributed by atoms with E-state index >= 15 is 0 Å². The molecule has 0 heterocycles. The highest BCUT2D eigenvalue weighted by atomic mass is 16.5. The molecular formula is C20H30O2. The van der Waals surface area contributed by atoms with E-state index in [1.165, 1.54) is 63.4 Å². The average molecular weight is 302 g/mol. The predicted molar refractivity (Wildman–Crippen MR) is 88.7 cm³/mol. The highest BCUT2D eigenvalue weighted by Crippen LogP contribution is 2.45. The summed E-state index contributed by atoms with van der Waals surface area (Å²) in [6, 6.07) is 0. The zero-order chi connectivity index (χ0) is 14.9. The maximum atomic E-state index is 6.39. The second-order valence-corrected chi connectivity index (χ2v) is 7.76. The maximum absolute atomic E-state index is 6.39. The standard InChI is InChI=1S/C20H30O2/c1-21-18-6-2-4-15-5-3-7-19(20(15)18)22-11-10-17-13-14-8-9-16(17)12-14/h8-9,14,16-19H,2-7,10-13H2,1H3. The Morgan fingerprint density at radius 3 is 2.55 bits per heavy atom. The molecular weight excluding hydrogens is 272 g/mol. The van der Waals surface area contributed by atoms with Gasteiger partial charge in [0.05, 0.1) is 12.2 Å². The van der Waals surface area contributed by atoms with Crippen LogP contribution in [0, 0.1) is 17.8 Å². The first kappa shape index (κ1) is 15.0. The van der Waals surface area contributed by atoms with Crippen molar-refractivity contribution >= 4 is 0 Å². The Hall–Kier alpha value is -0.600. The number of ether oxygens (including phenoxy) is 2. The van der Waals surface area contributed by atoms with Crippen LogP contribution in [0.4, 0.5) is 0 Å². The first-order chi connectivity index (χ1) is 10.8. The van der Waals surface area contributed by atoms with Crippen LogP contribution < -0.4 is 0 Å². The Bertz CT molecular complexity index is 460. The van der Waals surface area contributed by atoms with Gasteiger partial charge >= 0.3 is 0 Å². The minimum Gasteiger partial charge on any atom is -0.377 e. The molecule has 4 rings (SSSR count). The Morgan fingerprint density at radius 1 is 1.05 bits per heavy atom. The van der Waals surface area contributed by atoms with Crippen LogP contribution >= 0.6 is 0 Å². The second kappa shape index (κ2) is 6.49. The van der Waals surface area contributed by atoms with Crippen molar-refractivity contribution in [2.75, 3.05) is 13.7 Å². The summed E-state index contributed by atoms with van der Waals surface area (Å²) < 4.78 is 12.2. The molecule has 4 aliphatic rings. The van der Waals surface area contributed by atoms with Gasteiger partial charge in [0.15, 0.2) is 0 Å². The lowest BCUT2D eigenvalue weighted by Gasteiger charge is -2.36. The average Bonchev–Trinajstić information content (AvgIpc) is 3.17. The number of rotatable bonds is 5. The molecule has 1 fully saturated rings. The molecule has 0 aromatic rings. The molecule has 2 nitrogen and oxygen atoms in total. The molecule has 0 saturated heterocycles. The van der Waals surface area contributed by atoms with Crippen LogP contribution in [0.3, 0.4) is 0 Å². The monoisotopic (exact) mass is 302 g/mol. The normalized spacial score (nSPS) is 40.3. The van der Waals surface area contributed by atoms with Crippen molar-refractivity contribution in [1.82, 2.24) is 0 Å². The number of fused-ring (bicyclic) bond motifs is 2. The van der Waals surface area contributed by atoms with Gasteiger partial charge in [0.2, 0.25) is 0 Å². The molecule has 122 valence electrons. The number of hydrogen-bond donors (Lipinski definition) is 0.